The second kappa shape index (κ2) is 9.36. The van der Waals surface area contributed by atoms with Crippen LogP contribution in [0.3, 0.4) is 0 Å². The Balaban J connectivity index is 1.37. The number of urea groups is 1. The van der Waals surface area contributed by atoms with Gasteiger partial charge in [0.25, 0.3) is 0 Å². The van der Waals surface area contributed by atoms with Crippen molar-refractivity contribution >= 4 is 17.9 Å². The molecule has 2 aliphatic rings. The molecular weight excluding hydrogens is 346 g/mol. The first-order valence-corrected chi connectivity index (χ1v) is 9.33. The molecule has 0 saturated carbocycles. The Kier molecular flexibility index (Phi) is 6.64. The van der Waals surface area contributed by atoms with Crippen LogP contribution in [0.2, 0.25) is 0 Å². The molecule has 27 heavy (non-hydrogen) atoms. The lowest BCUT2D eigenvalue weighted by Gasteiger charge is -2.22. The van der Waals surface area contributed by atoms with Gasteiger partial charge in [0.2, 0.25) is 5.91 Å². The molecule has 2 saturated heterocycles. The van der Waals surface area contributed by atoms with Crippen LogP contribution in [0.5, 0.6) is 0 Å². The molecule has 2 aliphatic heterocycles. The third-order valence-corrected chi connectivity index (χ3v) is 4.82. The number of hydrogen-bond acceptors (Lipinski definition) is 4. The standard InChI is InChI=1S/C19H27N5O3/c1-20-18(21-8-10-24-17(25)11-22-19(24)26)23-9-7-16(12-23)14-27-13-15-5-3-2-4-6-15/h2-6,16H,7-14H2,1H3,(H,20,21)(H,22,26). The quantitative estimate of drug-likeness (QED) is 0.416. The van der Waals surface area contributed by atoms with E-state index < -0.39 is 0 Å². The summed E-state index contributed by atoms with van der Waals surface area (Å²) < 4.78 is 5.86. The maximum atomic E-state index is 11.6. The number of amides is 3. The van der Waals surface area contributed by atoms with Gasteiger partial charge in [-0.1, -0.05) is 30.3 Å². The number of rotatable bonds is 7. The third kappa shape index (κ3) is 5.19. The number of carbonyl (C=O) groups is 2. The Labute approximate surface area is 159 Å². The van der Waals surface area contributed by atoms with Crippen LogP contribution in [0, 0.1) is 5.92 Å². The van der Waals surface area contributed by atoms with Gasteiger partial charge in [0, 0.05) is 39.1 Å². The summed E-state index contributed by atoms with van der Waals surface area (Å²) in [5, 5.41) is 5.76. The average Bonchev–Trinajstić information content (AvgIpc) is 3.27. The molecule has 1 atom stereocenters. The first-order chi connectivity index (χ1) is 13.2. The van der Waals surface area contributed by atoms with Crippen molar-refractivity contribution in [2.75, 3.05) is 46.4 Å². The van der Waals surface area contributed by atoms with E-state index in [0.29, 0.717) is 25.6 Å². The van der Waals surface area contributed by atoms with Crippen molar-refractivity contribution in [1.82, 2.24) is 20.4 Å². The Bertz CT molecular complexity index is 663. The molecule has 1 unspecified atom stereocenters. The van der Waals surface area contributed by atoms with E-state index in [1.807, 2.05) is 18.2 Å². The predicted molar refractivity (Wildman–Crippen MR) is 102 cm³/mol. The van der Waals surface area contributed by atoms with Gasteiger partial charge in [0.15, 0.2) is 5.96 Å². The summed E-state index contributed by atoms with van der Waals surface area (Å²) in [6.45, 7) is 4.07. The zero-order valence-electron chi connectivity index (χ0n) is 15.7. The second-order valence-corrected chi connectivity index (χ2v) is 6.78. The van der Waals surface area contributed by atoms with Crippen LogP contribution in [0.4, 0.5) is 4.79 Å². The minimum absolute atomic E-state index is 0.0876. The average molecular weight is 373 g/mol. The van der Waals surface area contributed by atoms with Gasteiger partial charge in [-0.2, -0.15) is 0 Å². The van der Waals surface area contributed by atoms with Crippen LogP contribution < -0.4 is 10.6 Å². The van der Waals surface area contributed by atoms with Crippen molar-refractivity contribution in [2.24, 2.45) is 10.9 Å². The number of hydrogen-bond donors (Lipinski definition) is 2. The highest BCUT2D eigenvalue weighted by atomic mass is 16.5. The monoisotopic (exact) mass is 373 g/mol. The van der Waals surface area contributed by atoms with E-state index in [1.54, 1.807) is 7.05 Å². The maximum Gasteiger partial charge on any atom is 0.324 e. The highest BCUT2D eigenvalue weighted by Crippen LogP contribution is 2.17. The summed E-state index contributed by atoms with van der Waals surface area (Å²) in [5.41, 5.74) is 1.19. The summed E-state index contributed by atoms with van der Waals surface area (Å²) in [6, 6.07) is 9.85. The number of likely N-dealkylation sites (tertiary alicyclic amines) is 1. The van der Waals surface area contributed by atoms with E-state index in [2.05, 4.69) is 32.7 Å². The zero-order chi connectivity index (χ0) is 19.1. The van der Waals surface area contributed by atoms with Gasteiger partial charge in [0.1, 0.15) is 0 Å². The molecule has 1 aromatic carbocycles. The van der Waals surface area contributed by atoms with Crippen molar-refractivity contribution in [1.29, 1.82) is 0 Å². The van der Waals surface area contributed by atoms with Gasteiger partial charge in [-0.05, 0) is 12.0 Å². The lowest BCUT2D eigenvalue weighted by atomic mass is 10.1. The van der Waals surface area contributed by atoms with Crippen LogP contribution in [0.25, 0.3) is 0 Å². The van der Waals surface area contributed by atoms with Gasteiger partial charge in [-0.25, -0.2) is 4.79 Å². The van der Waals surface area contributed by atoms with E-state index in [4.69, 9.17) is 4.74 Å². The molecule has 0 aromatic heterocycles. The van der Waals surface area contributed by atoms with Crippen molar-refractivity contribution < 1.29 is 14.3 Å². The van der Waals surface area contributed by atoms with Gasteiger partial charge >= 0.3 is 6.03 Å². The van der Waals surface area contributed by atoms with Gasteiger partial charge in [-0.3, -0.25) is 14.7 Å². The predicted octanol–water partition coefficient (Wildman–Crippen LogP) is 0.652. The Morgan fingerprint density at radius 1 is 1.33 bits per heavy atom. The van der Waals surface area contributed by atoms with Crippen LogP contribution in [0.1, 0.15) is 12.0 Å². The minimum Gasteiger partial charge on any atom is -0.376 e. The largest absolute Gasteiger partial charge is 0.376 e. The Morgan fingerprint density at radius 3 is 2.85 bits per heavy atom. The lowest BCUT2D eigenvalue weighted by molar-refractivity contribution is -0.124. The molecule has 0 bridgehead atoms. The number of aliphatic imine (C=N–C) groups is 1. The molecular formula is C19H27N5O3. The molecule has 2 heterocycles. The summed E-state index contributed by atoms with van der Waals surface area (Å²) in [5.74, 6) is 1.08. The molecule has 8 nitrogen and oxygen atoms in total. The lowest BCUT2D eigenvalue weighted by Crippen LogP contribution is -2.44. The first kappa shape index (κ1) is 19.2. The van der Waals surface area contributed by atoms with Gasteiger partial charge < -0.3 is 20.3 Å². The summed E-state index contributed by atoms with van der Waals surface area (Å²) in [7, 11) is 1.75. The fourth-order valence-electron chi connectivity index (χ4n) is 3.37. The van der Waals surface area contributed by atoms with Crippen molar-refractivity contribution in [3.8, 4) is 0 Å². The van der Waals surface area contributed by atoms with E-state index in [1.165, 1.54) is 10.5 Å². The van der Waals surface area contributed by atoms with Crippen LogP contribution >= 0.6 is 0 Å². The van der Waals surface area contributed by atoms with Crippen molar-refractivity contribution in [2.45, 2.75) is 13.0 Å². The second-order valence-electron chi connectivity index (χ2n) is 6.78. The van der Waals surface area contributed by atoms with Crippen LogP contribution in [-0.2, 0) is 16.1 Å². The van der Waals surface area contributed by atoms with E-state index >= 15 is 0 Å². The van der Waals surface area contributed by atoms with Gasteiger partial charge in [-0.15, -0.1) is 0 Å². The van der Waals surface area contributed by atoms with Gasteiger partial charge in [0.05, 0.1) is 19.8 Å². The molecule has 1 aromatic rings. The molecule has 8 heteroatoms. The third-order valence-electron chi connectivity index (χ3n) is 4.82. The molecule has 146 valence electrons. The number of carbonyl (C=O) groups excluding carboxylic acids is 2. The highest BCUT2D eigenvalue weighted by molar-refractivity contribution is 6.01. The molecule has 2 fully saturated rings. The molecule has 2 N–H and O–H groups in total. The minimum atomic E-state index is -0.325. The number of benzene rings is 1. The molecule has 0 spiro atoms. The smallest absolute Gasteiger partial charge is 0.324 e. The first-order valence-electron chi connectivity index (χ1n) is 9.33. The summed E-state index contributed by atoms with van der Waals surface area (Å²) >= 11 is 0. The van der Waals surface area contributed by atoms with Crippen LogP contribution in [-0.4, -0.2) is 74.1 Å². The van der Waals surface area contributed by atoms with E-state index in [9.17, 15) is 9.59 Å². The molecule has 0 radical (unpaired) electrons. The topological polar surface area (TPSA) is 86.3 Å². The summed E-state index contributed by atoms with van der Waals surface area (Å²) in [6.07, 6.45) is 1.06. The van der Waals surface area contributed by atoms with Crippen molar-refractivity contribution in [3.05, 3.63) is 35.9 Å². The highest BCUT2D eigenvalue weighted by Gasteiger charge is 2.28. The Morgan fingerprint density at radius 2 is 2.15 bits per heavy atom. The summed E-state index contributed by atoms with van der Waals surface area (Å²) in [4.78, 5) is 30.9. The molecule has 0 aliphatic carbocycles. The zero-order valence-corrected chi connectivity index (χ0v) is 15.7. The molecule has 3 amide bonds. The number of imide groups is 1. The molecule has 3 rings (SSSR count). The van der Waals surface area contributed by atoms with E-state index in [0.717, 1.165) is 32.1 Å². The SMILES string of the molecule is CN=C(NCCN1C(=O)CNC1=O)N1CCC(COCc2ccccc2)C1. The number of guanidine groups is 1. The van der Waals surface area contributed by atoms with Crippen molar-refractivity contribution in [3.63, 3.8) is 0 Å². The number of nitrogens with one attached hydrogen (secondary N) is 2. The fourth-order valence-corrected chi connectivity index (χ4v) is 3.37. The number of ether oxygens (including phenoxy) is 1. The maximum absolute atomic E-state index is 11.6. The van der Waals surface area contributed by atoms with Crippen LogP contribution in [0.15, 0.2) is 35.3 Å². The fraction of sp³-hybridized carbons (Fsp3) is 0.526. The normalized spacial score (nSPS) is 20.3. The Hall–Kier alpha value is -2.61. The van der Waals surface area contributed by atoms with E-state index in [-0.39, 0.29) is 18.5 Å². The number of nitrogens with zero attached hydrogens (tertiary/aromatic N) is 3.